The second-order valence-electron chi connectivity index (χ2n) is 5.77. The van der Waals surface area contributed by atoms with Gasteiger partial charge in [-0.3, -0.25) is 7.05 Å². The smallest absolute Gasteiger partial charge is 0.378 e. The number of carbonyl (C=O) groups excluding carboxylic acids is 1. The van der Waals surface area contributed by atoms with Crippen LogP contribution in [0.5, 0.6) is 0 Å². The number of benzene rings is 1. The van der Waals surface area contributed by atoms with Crippen molar-refractivity contribution in [3.8, 4) is 0 Å². The van der Waals surface area contributed by atoms with Crippen LogP contribution in [0.25, 0.3) is 0 Å². The largest absolute Gasteiger partial charge is 0.486 e. The van der Waals surface area contributed by atoms with Gasteiger partial charge < -0.3 is 21.8 Å². The second kappa shape index (κ2) is 9.42. The van der Waals surface area contributed by atoms with E-state index in [2.05, 4.69) is 7.05 Å². The van der Waals surface area contributed by atoms with E-state index in [-0.39, 0.29) is 32.7 Å². The molecule has 1 rings (SSSR count). The summed E-state index contributed by atoms with van der Waals surface area (Å²) in [7, 11) is 3.69. The molecule has 115 valence electrons. The molecule has 1 amide bonds. The standard InChI is InChI=1S/C16H24N2O2.Y/c1-16(2,3)20-15(19)18(4)12-6-5-7-13-8-10-14(17)11-9-13;/h6,8-11H,4-5,7,12,17H2,1-3H3;/q-2;. The van der Waals surface area contributed by atoms with Crippen LogP contribution in [0.4, 0.5) is 10.5 Å². The summed E-state index contributed by atoms with van der Waals surface area (Å²) >= 11 is 0. The molecule has 0 saturated heterocycles. The Morgan fingerprint density at radius 2 is 1.90 bits per heavy atom. The van der Waals surface area contributed by atoms with Crippen LogP contribution in [0.1, 0.15) is 32.8 Å². The number of aryl methyl sites for hydroxylation is 1. The van der Waals surface area contributed by atoms with Gasteiger partial charge in [-0.1, -0.05) is 24.1 Å². The third kappa shape index (κ3) is 9.10. The van der Waals surface area contributed by atoms with Gasteiger partial charge in [-0.25, -0.2) is 4.79 Å². The zero-order valence-electron chi connectivity index (χ0n) is 13.1. The van der Waals surface area contributed by atoms with Gasteiger partial charge in [-0.15, -0.1) is 6.54 Å². The van der Waals surface area contributed by atoms with Gasteiger partial charge in [-0.05, 0) is 32.9 Å². The number of ether oxygens (including phenoxy) is 1. The van der Waals surface area contributed by atoms with Gasteiger partial charge >= 0.3 is 6.09 Å². The minimum atomic E-state index is -0.489. The first kappa shape index (κ1) is 20.4. The fourth-order valence-electron chi connectivity index (χ4n) is 1.60. The molecule has 4 nitrogen and oxygen atoms in total. The maximum Gasteiger partial charge on any atom is 0.378 e. The van der Waals surface area contributed by atoms with Crippen molar-refractivity contribution in [3.63, 3.8) is 0 Å². The van der Waals surface area contributed by atoms with E-state index in [1.54, 1.807) is 0 Å². The Bertz CT molecular complexity index is 427. The van der Waals surface area contributed by atoms with Crippen molar-refractivity contribution in [3.05, 3.63) is 43.3 Å². The third-order valence-corrected chi connectivity index (χ3v) is 2.62. The minimum Gasteiger partial charge on any atom is -0.486 e. The molecular weight excluding hydrogens is 341 g/mol. The normalized spacial score (nSPS) is 10.7. The van der Waals surface area contributed by atoms with Crippen molar-refractivity contribution in [2.24, 2.45) is 0 Å². The SMILES string of the molecule is [CH2-]N(C[CH-]CCc1ccc(N)cc1)C(=O)OC(C)(C)C.[Y]. The first-order valence-electron chi connectivity index (χ1n) is 6.75. The molecule has 0 bridgehead atoms. The van der Waals surface area contributed by atoms with Crippen LogP contribution in [0.2, 0.25) is 0 Å². The van der Waals surface area contributed by atoms with Crippen molar-refractivity contribution in [1.82, 2.24) is 4.90 Å². The molecule has 0 aliphatic heterocycles. The predicted molar refractivity (Wildman–Crippen MR) is 81.8 cm³/mol. The quantitative estimate of drug-likeness (QED) is 0.494. The molecule has 1 radical (unpaired) electrons. The molecule has 1 aromatic rings. The average Bonchev–Trinajstić information content (AvgIpc) is 2.34. The van der Waals surface area contributed by atoms with Crippen LogP contribution >= 0.6 is 0 Å². The van der Waals surface area contributed by atoms with Gasteiger partial charge in [-0.2, -0.15) is 6.42 Å². The molecule has 1 aromatic carbocycles. The van der Waals surface area contributed by atoms with Gasteiger partial charge in [0.05, 0.1) is 0 Å². The molecule has 0 heterocycles. The van der Waals surface area contributed by atoms with Crippen LogP contribution in [0.15, 0.2) is 24.3 Å². The molecule has 2 N–H and O–H groups in total. The molecule has 0 aromatic heterocycles. The molecule has 0 aliphatic carbocycles. The van der Waals surface area contributed by atoms with Crippen LogP contribution < -0.4 is 5.73 Å². The van der Waals surface area contributed by atoms with E-state index in [9.17, 15) is 4.79 Å². The third-order valence-electron chi connectivity index (χ3n) is 2.62. The Balaban J connectivity index is 0.00000400. The van der Waals surface area contributed by atoms with Crippen molar-refractivity contribution in [2.45, 2.75) is 39.2 Å². The van der Waals surface area contributed by atoms with Crippen LogP contribution in [-0.2, 0) is 43.9 Å². The van der Waals surface area contributed by atoms with Crippen molar-refractivity contribution >= 4 is 11.8 Å². The summed E-state index contributed by atoms with van der Waals surface area (Å²) in [6, 6.07) is 7.81. The molecule has 21 heavy (non-hydrogen) atoms. The number of carbonyl (C=O) groups is 1. The molecule has 0 atom stereocenters. The van der Waals surface area contributed by atoms with Gasteiger partial charge in [0.2, 0.25) is 0 Å². The Kier molecular flexibility index (Phi) is 9.15. The Hall–Kier alpha value is -0.606. The molecule has 0 saturated carbocycles. The van der Waals surface area contributed by atoms with E-state index >= 15 is 0 Å². The maximum atomic E-state index is 11.7. The summed E-state index contributed by atoms with van der Waals surface area (Å²) in [6.07, 6.45) is 3.41. The second-order valence-corrected chi connectivity index (χ2v) is 5.77. The minimum absolute atomic E-state index is 0. The number of amides is 1. The van der Waals surface area contributed by atoms with E-state index in [1.165, 1.54) is 10.5 Å². The Morgan fingerprint density at radius 3 is 2.43 bits per heavy atom. The van der Waals surface area contributed by atoms with Gasteiger partial charge in [0, 0.05) is 38.4 Å². The Labute approximate surface area is 153 Å². The number of hydrogen-bond acceptors (Lipinski definition) is 3. The maximum absolute atomic E-state index is 11.7. The molecule has 5 heteroatoms. The summed E-state index contributed by atoms with van der Waals surface area (Å²) in [5.74, 6) is 0. The van der Waals surface area contributed by atoms with Gasteiger partial charge in [0.25, 0.3) is 0 Å². The molecule has 0 unspecified atom stereocenters. The first-order chi connectivity index (χ1) is 9.28. The summed E-state index contributed by atoms with van der Waals surface area (Å²) in [6.45, 7) is 5.99. The summed E-state index contributed by atoms with van der Waals surface area (Å²) < 4.78 is 5.22. The fraction of sp³-hybridized carbons (Fsp3) is 0.438. The van der Waals surface area contributed by atoms with E-state index in [4.69, 9.17) is 10.5 Å². The number of anilines is 1. The van der Waals surface area contributed by atoms with Crippen LogP contribution in [0.3, 0.4) is 0 Å². The summed E-state index contributed by atoms with van der Waals surface area (Å²) in [5.41, 5.74) is 7.14. The molecular formula is C16H24N2O2Y-2. The van der Waals surface area contributed by atoms with E-state index in [1.807, 2.05) is 51.5 Å². The molecule has 0 fully saturated rings. The van der Waals surface area contributed by atoms with E-state index in [0.29, 0.717) is 6.54 Å². The zero-order valence-corrected chi connectivity index (χ0v) is 16.0. The number of rotatable bonds is 5. The number of unbranched alkanes of at least 4 members (excludes halogenated alkanes) is 1. The van der Waals surface area contributed by atoms with E-state index in [0.717, 1.165) is 18.5 Å². The Morgan fingerprint density at radius 1 is 1.33 bits per heavy atom. The predicted octanol–water partition coefficient (Wildman–Crippen LogP) is 3.43. The van der Waals surface area contributed by atoms with Crippen molar-refractivity contribution < 1.29 is 42.2 Å². The fourth-order valence-corrected chi connectivity index (χ4v) is 1.60. The average molecular weight is 365 g/mol. The molecule has 0 spiro atoms. The van der Waals surface area contributed by atoms with Gasteiger partial charge in [0.15, 0.2) is 0 Å². The van der Waals surface area contributed by atoms with Crippen LogP contribution in [-0.4, -0.2) is 23.1 Å². The molecule has 0 aliphatic rings. The van der Waals surface area contributed by atoms with Gasteiger partial charge in [0.1, 0.15) is 5.60 Å². The number of nitrogens with zero attached hydrogens (tertiary/aromatic N) is 1. The van der Waals surface area contributed by atoms with Crippen molar-refractivity contribution in [1.29, 1.82) is 0 Å². The summed E-state index contributed by atoms with van der Waals surface area (Å²) in [5, 5.41) is 0. The first-order valence-corrected chi connectivity index (χ1v) is 6.75. The topological polar surface area (TPSA) is 55.6 Å². The van der Waals surface area contributed by atoms with E-state index < -0.39 is 11.7 Å². The van der Waals surface area contributed by atoms with Crippen LogP contribution in [0, 0.1) is 13.5 Å². The zero-order chi connectivity index (χ0) is 15.2. The number of nitrogens with two attached hydrogens (primary N) is 1. The number of hydrogen-bond donors (Lipinski definition) is 1. The van der Waals surface area contributed by atoms with Crippen molar-refractivity contribution in [2.75, 3.05) is 12.3 Å². The monoisotopic (exact) mass is 365 g/mol. The summed E-state index contributed by atoms with van der Waals surface area (Å²) in [4.78, 5) is 13.0. The number of nitrogen functional groups attached to an aromatic ring is 1.